The number of nitrogens with one attached hydrogen (secondary N) is 2. The summed E-state index contributed by atoms with van der Waals surface area (Å²) in [6.07, 6.45) is 2.78. The molecule has 0 bridgehead atoms. The monoisotopic (exact) mass is 397 g/mol. The van der Waals surface area contributed by atoms with Crippen LogP contribution in [0.25, 0.3) is 0 Å². The molecule has 2 N–H and O–H groups in total. The van der Waals surface area contributed by atoms with E-state index in [0.717, 1.165) is 11.1 Å². The fourth-order valence-electron chi connectivity index (χ4n) is 2.43. The van der Waals surface area contributed by atoms with Crippen LogP contribution in [-0.2, 0) is 27.4 Å². The maximum atomic E-state index is 12.6. The highest BCUT2D eigenvalue weighted by Crippen LogP contribution is 2.13. The first-order valence-electron chi connectivity index (χ1n) is 9.43. The van der Waals surface area contributed by atoms with E-state index in [1.807, 2.05) is 30.3 Å². The van der Waals surface area contributed by atoms with Gasteiger partial charge in [0.25, 0.3) is 0 Å². The van der Waals surface area contributed by atoms with Crippen LogP contribution in [0.2, 0.25) is 0 Å². The maximum absolute atomic E-state index is 12.6. The van der Waals surface area contributed by atoms with E-state index in [0.29, 0.717) is 0 Å². The van der Waals surface area contributed by atoms with E-state index in [1.54, 1.807) is 45.3 Å². The summed E-state index contributed by atoms with van der Waals surface area (Å²) in [6.45, 7) is 5.34. The minimum absolute atomic E-state index is 0.0660. The first-order valence-corrected chi connectivity index (χ1v) is 9.43. The van der Waals surface area contributed by atoms with Crippen molar-refractivity contribution in [2.75, 3.05) is 6.54 Å². The Morgan fingerprint density at radius 3 is 2.28 bits per heavy atom. The van der Waals surface area contributed by atoms with Gasteiger partial charge in [0.05, 0.1) is 6.54 Å². The Hall–Kier alpha value is -3.22. The molecule has 7 heteroatoms. The quantitative estimate of drug-likeness (QED) is 0.714. The number of aromatic nitrogens is 1. The molecule has 0 saturated heterocycles. The van der Waals surface area contributed by atoms with E-state index in [1.165, 1.54) is 0 Å². The van der Waals surface area contributed by atoms with E-state index in [2.05, 4.69) is 15.6 Å². The van der Waals surface area contributed by atoms with Gasteiger partial charge < -0.3 is 15.4 Å². The average Bonchev–Trinajstić information content (AvgIpc) is 2.70. The number of ketones is 1. The van der Waals surface area contributed by atoms with Crippen molar-refractivity contribution in [1.82, 2.24) is 15.6 Å². The molecule has 0 aliphatic carbocycles. The van der Waals surface area contributed by atoms with Crippen molar-refractivity contribution in [2.24, 2.45) is 5.41 Å². The van der Waals surface area contributed by atoms with Gasteiger partial charge in [0.15, 0.2) is 5.78 Å². The number of Topliss-reactive ketones (excluding diaryl/α,β-unsaturated/α-hetero) is 1. The molecular weight excluding hydrogens is 370 g/mol. The smallest absolute Gasteiger partial charge is 0.408 e. The fraction of sp³-hybridized carbons (Fsp3) is 0.364. The van der Waals surface area contributed by atoms with Gasteiger partial charge in [-0.15, -0.1) is 0 Å². The van der Waals surface area contributed by atoms with Crippen LogP contribution in [0.15, 0.2) is 54.9 Å². The molecule has 0 saturated carbocycles. The zero-order valence-electron chi connectivity index (χ0n) is 17.0. The molecule has 0 radical (unpaired) electrons. The molecule has 29 heavy (non-hydrogen) atoms. The van der Waals surface area contributed by atoms with Crippen molar-refractivity contribution < 1.29 is 19.1 Å². The third-order valence-corrected chi connectivity index (χ3v) is 4.27. The van der Waals surface area contributed by atoms with Crippen LogP contribution >= 0.6 is 0 Å². The Kier molecular flexibility index (Phi) is 7.88. The van der Waals surface area contributed by atoms with Gasteiger partial charge in [-0.05, 0) is 23.3 Å². The van der Waals surface area contributed by atoms with Gasteiger partial charge in [-0.3, -0.25) is 14.6 Å². The Labute approximate surface area is 170 Å². The molecule has 1 aromatic carbocycles. The lowest BCUT2D eigenvalue weighted by Gasteiger charge is -2.21. The number of nitrogens with zero attached hydrogens (tertiary/aromatic N) is 1. The molecular formula is C22H27N3O4. The number of carbonyl (C=O) groups is 3. The number of pyridine rings is 1. The highest BCUT2D eigenvalue weighted by molar-refractivity contribution is 5.92. The van der Waals surface area contributed by atoms with Crippen molar-refractivity contribution in [2.45, 2.75) is 39.8 Å². The lowest BCUT2D eigenvalue weighted by atomic mass is 9.91. The minimum Gasteiger partial charge on any atom is -0.445 e. The molecule has 2 aromatic rings. The molecule has 7 nitrogen and oxygen atoms in total. The summed E-state index contributed by atoms with van der Waals surface area (Å²) >= 11 is 0. The van der Waals surface area contributed by atoms with Crippen LogP contribution in [0.4, 0.5) is 4.79 Å². The van der Waals surface area contributed by atoms with Gasteiger partial charge in [-0.1, -0.05) is 51.1 Å². The first-order chi connectivity index (χ1) is 13.8. The van der Waals surface area contributed by atoms with E-state index in [4.69, 9.17) is 4.74 Å². The van der Waals surface area contributed by atoms with E-state index in [-0.39, 0.29) is 25.4 Å². The molecule has 2 amide bonds. The van der Waals surface area contributed by atoms with Crippen molar-refractivity contribution in [1.29, 1.82) is 0 Å². The van der Waals surface area contributed by atoms with Gasteiger partial charge in [-0.25, -0.2) is 4.79 Å². The predicted octanol–water partition coefficient (Wildman–Crippen LogP) is 2.65. The van der Waals surface area contributed by atoms with Crippen LogP contribution in [0, 0.1) is 5.41 Å². The van der Waals surface area contributed by atoms with Crippen molar-refractivity contribution in [3.8, 4) is 0 Å². The van der Waals surface area contributed by atoms with Crippen molar-refractivity contribution in [3.63, 3.8) is 0 Å². The number of amides is 2. The summed E-state index contributed by atoms with van der Waals surface area (Å²) in [5, 5.41) is 5.22. The molecule has 0 aliphatic rings. The Balaban J connectivity index is 1.99. The molecule has 1 aromatic heterocycles. The van der Waals surface area contributed by atoms with Gasteiger partial charge in [0.2, 0.25) is 5.91 Å². The van der Waals surface area contributed by atoms with Gasteiger partial charge in [0, 0.05) is 24.2 Å². The second kappa shape index (κ2) is 10.4. The van der Waals surface area contributed by atoms with Gasteiger partial charge >= 0.3 is 6.09 Å². The Bertz CT molecular complexity index is 817. The number of hydrogen-bond acceptors (Lipinski definition) is 5. The number of rotatable bonds is 8. The van der Waals surface area contributed by atoms with E-state index < -0.39 is 23.5 Å². The number of ether oxygens (including phenoxy) is 1. The minimum atomic E-state index is -0.866. The van der Waals surface area contributed by atoms with Crippen molar-refractivity contribution in [3.05, 3.63) is 66.0 Å². The van der Waals surface area contributed by atoms with Crippen LogP contribution in [0.1, 0.15) is 31.9 Å². The lowest BCUT2D eigenvalue weighted by molar-refractivity contribution is -0.129. The second-order valence-electron chi connectivity index (χ2n) is 7.71. The molecule has 0 unspecified atom stereocenters. The first kappa shape index (κ1) is 22.1. The molecule has 0 fully saturated rings. The summed E-state index contributed by atoms with van der Waals surface area (Å²) < 4.78 is 5.20. The molecule has 0 aliphatic heterocycles. The molecule has 1 atom stereocenters. The molecule has 2 rings (SSSR count). The Morgan fingerprint density at radius 1 is 1.00 bits per heavy atom. The SMILES string of the molecule is CC(C)(C)C(=O)CNC(=O)[C@H](Cc1ccccc1)NC(=O)OCc1ccncc1. The van der Waals surface area contributed by atoms with Crippen LogP contribution in [0.5, 0.6) is 0 Å². The maximum Gasteiger partial charge on any atom is 0.408 e. The van der Waals surface area contributed by atoms with E-state index in [9.17, 15) is 14.4 Å². The van der Waals surface area contributed by atoms with Crippen LogP contribution in [0.3, 0.4) is 0 Å². The van der Waals surface area contributed by atoms with Crippen LogP contribution < -0.4 is 10.6 Å². The highest BCUT2D eigenvalue weighted by Gasteiger charge is 2.25. The largest absolute Gasteiger partial charge is 0.445 e. The van der Waals surface area contributed by atoms with Gasteiger partial charge in [0.1, 0.15) is 12.6 Å². The molecule has 154 valence electrons. The number of carbonyl (C=O) groups excluding carboxylic acids is 3. The zero-order valence-corrected chi connectivity index (χ0v) is 17.0. The number of alkyl carbamates (subject to hydrolysis) is 1. The third-order valence-electron chi connectivity index (χ3n) is 4.27. The summed E-state index contributed by atoms with van der Waals surface area (Å²) in [5.74, 6) is -0.531. The topological polar surface area (TPSA) is 97.4 Å². The zero-order chi connectivity index (χ0) is 21.3. The van der Waals surface area contributed by atoms with E-state index >= 15 is 0 Å². The summed E-state index contributed by atoms with van der Waals surface area (Å²) in [7, 11) is 0. The highest BCUT2D eigenvalue weighted by atomic mass is 16.5. The predicted molar refractivity (Wildman–Crippen MR) is 109 cm³/mol. The summed E-state index contributed by atoms with van der Waals surface area (Å²) in [6, 6.07) is 11.9. The lowest BCUT2D eigenvalue weighted by Crippen LogP contribution is -2.50. The van der Waals surface area contributed by atoms with Crippen molar-refractivity contribution >= 4 is 17.8 Å². The molecule has 0 spiro atoms. The molecule has 1 heterocycles. The Morgan fingerprint density at radius 2 is 1.66 bits per heavy atom. The fourth-order valence-corrected chi connectivity index (χ4v) is 2.43. The number of benzene rings is 1. The van der Waals surface area contributed by atoms with Gasteiger partial charge in [-0.2, -0.15) is 0 Å². The average molecular weight is 397 g/mol. The standard InChI is InChI=1S/C22H27N3O4/c1-22(2,3)19(26)14-24-20(27)18(13-16-7-5-4-6-8-16)25-21(28)29-15-17-9-11-23-12-10-17/h4-12,18H,13-15H2,1-3H3,(H,24,27)(H,25,28)/t18-/m0/s1. The normalized spacial score (nSPS) is 12.0. The number of hydrogen-bond donors (Lipinski definition) is 2. The van der Waals surface area contributed by atoms with Crippen LogP contribution in [-0.4, -0.2) is 35.4 Å². The second-order valence-corrected chi connectivity index (χ2v) is 7.71. The summed E-state index contributed by atoms with van der Waals surface area (Å²) in [5.41, 5.74) is 1.11. The summed E-state index contributed by atoms with van der Waals surface area (Å²) in [4.78, 5) is 40.9. The third kappa shape index (κ3) is 7.73.